The third kappa shape index (κ3) is 6.42. The molecule has 0 amide bonds. The zero-order valence-electron chi connectivity index (χ0n) is 15.2. The molecular formula is C20H21BrN2O4S. The molecule has 0 aliphatic carbocycles. The summed E-state index contributed by atoms with van der Waals surface area (Å²) in [6.45, 7) is 1.61. The van der Waals surface area contributed by atoms with Gasteiger partial charge in [0.2, 0.25) is 0 Å². The van der Waals surface area contributed by atoms with Gasteiger partial charge in [-0.05, 0) is 43.2 Å². The van der Waals surface area contributed by atoms with Gasteiger partial charge < -0.3 is 21.3 Å². The summed E-state index contributed by atoms with van der Waals surface area (Å²) in [6, 6.07) is 13.8. The molecule has 0 radical (unpaired) electrons. The molecule has 28 heavy (non-hydrogen) atoms. The molecular weight excluding hydrogens is 444 g/mol. The number of aliphatic carboxylic acids is 1. The van der Waals surface area contributed by atoms with Gasteiger partial charge in [0.05, 0.1) is 0 Å². The quantitative estimate of drug-likeness (QED) is 0.497. The van der Waals surface area contributed by atoms with Crippen molar-refractivity contribution in [1.82, 2.24) is 0 Å². The molecule has 148 valence electrons. The highest BCUT2D eigenvalue weighted by atomic mass is 79.9. The van der Waals surface area contributed by atoms with Gasteiger partial charge in [-0.25, -0.2) is 4.79 Å². The summed E-state index contributed by atoms with van der Waals surface area (Å²) < 4.78 is 7.25. The molecule has 1 heterocycles. The second-order valence-electron chi connectivity index (χ2n) is 6.08. The minimum Gasteiger partial charge on any atom is -0.480 e. The maximum Gasteiger partial charge on any atom is 0.328 e. The Kier molecular flexibility index (Phi) is 8.13. The zero-order valence-corrected chi connectivity index (χ0v) is 17.6. The van der Waals surface area contributed by atoms with E-state index in [9.17, 15) is 9.59 Å². The van der Waals surface area contributed by atoms with E-state index in [1.807, 2.05) is 53.9 Å². The number of esters is 1. The van der Waals surface area contributed by atoms with Crippen LogP contribution in [0.3, 0.4) is 0 Å². The number of carboxylic acid groups (broad SMARTS) is 1. The van der Waals surface area contributed by atoms with Crippen molar-refractivity contribution in [2.75, 3.05) is 0 Å². The number of carboxylic acids is 1. The van der Waals surface area contributed by atoms with Crippen molar-refractivity contribution in [3.63, 3.8) is 0 Å². The Morgan fingerprint density at radius 3 is 2.39 bits per heavy atom. The first-order chi connectivity index (χ1) is 13.3. The summed E-state index contributed by atoms with van der Waals surface area (Å²) in [5.41, 5.74) is 11.7. The first-order valence-electron chi connectivity index (χ1n) is 8.44. The summed E-state index contributed by atoms with van der Waals surface area (Å²) in [6.07, 6.45) is 0.364. The van der Waals surface area contributed by atoms with E-state index in [4.69, 9.17) is 21.3 Å². The molecule has 0 saturated carbocycles. The van der Waals surface area contributed by atoms with Gasteiger partial charge in [0.1, 0.15) is 17.8 Å². The monoisotopic (exact) mass is 464 g/mol. The number of benzene rings is 2. The van der Waals surface area contributed by atoms with Crippen molar-refractivity contribution in [3.8, 4) is 5.75 Å². The number of nitrogens with two attached hydrogens (primary N) is 2. The van der Waals surface area contributed by atoms with Gasteiger partial charge in [-0.3, -0.25) is 4.79 Å². The lowest BCUT2D eigenvalue weighted by Gasteiger charge is -2.05. The molecule has 3 aromatic rings. The fourth-order valence-corrected chi connectivity index (χ4v) is 3.32. The summed E-state index contributed by atoms with van der Waals surface area (Å²) in [5, 5.41) is 11.3. The minimum absolute atomic E-state index is 0.364. The van der Waals surface area contributed by atoms with E-state index in [0.717, 1.165) is 20.1 Å². The first-order valence-corrected chi connectivity index (χ1v) is 10.1. The second kappa shape index (κ2) is 10.3. The van der Waals surface area contributed by atoms with Crippen molar-refractivity contribution in [2.24, 2.45) is 11.5 Å². The number of rotatable bonds is 5. The van der Waals surface area contributed by atoms with Gasteiger partial charge in [0.25, 0.3) is 0 Å². The standard InChI is InChI=1S/C11H11NO2S.C9H10BrNO2/c1-7(12)11(13)14-9-6-15-10-5-3-2-4-8(9)10;10-7-3-1-6(2-4-7)5-8(11)9(12)13/h2-7H,12H2,1H3;1-4,8H,5,11H2,(H,12,13)/t7-;8-/m00/s1. The van der Waals surface area contributed by atoms with E-state index in [1.54, 1.807) is 18.3 Å². The largest absolute Gasteiger partial charge is 0.480 e. The van der Waals surface area contributed by atoms with Crippen molar-refractivity contribution in [2.45, 2.75) is 25.4 Å². The Hall–Kier alpha value is -2.26. The maximum absolute atomic E-state index is 11.3. The molecule has 5 N–H and O–H groups in total. The van der Waals surface area contributed by atoms with Crippen molar-refractivity contribution in [3.05, 3.63) is 63.9 Å². The molecule has 0 bridgehead atoms. The minimum atomic E-state index is -0.970. The Bertz CT molecular complexity index is 941. The van der Waals surface area contributed by atoms with Gasteiger partial charge >= 0.3 is 11.9 Å². The number of hydrogen-bond donors (Lipinski definition) is 3. The van der Waals surface area contributed by atoms with Gasteiger partial charge in [0, 0.05) is 19.9 Å². The summed E-state index contributed by atoms with van der Waals surface area (Å²) >= 11 is 4.84. The van der Waals surface area contributed by atoms with Crippen LogP contribution >= 0.6 is 27.3 Å². The Labute approximate surface area is 175 Å². The average Bonchev–Trinajstić information content (AvgIpc) is 3.07. The van der Waals surface area contributed by atoms with E-state index in [0.29, 0.717) is 12.2 Å². The van der Waals surface area contributed by atoms with Gasteiger partial charge in [-0.15, -0.1) is 11.3 Å². The Morgan fingerprint density at radius 2 is 1.79 bits per heavy atom. The summed E-state index contributed by atoms with van der Waals surface area (Å²) in [5.74, 6) is -0.778. The zero-order chi connectivity index (χ0) is 20.7. The lowest BCUT2D eigenvalue weighted by Crippen LogP contribution is -2.32. The molecule has 0 saturated heterocycles. The summed E-state index contributed by atoms with van der Waals surface area (Å²) in [7, 11) is 0. The molecule has 3 rings (SSSR count). The van der Waals surface area contributed by atoms with Crippen molar-refractivity contribution < 1.29 is 19.4 Å². The first kappa shape index (κ1) is 22.0. The highest BCUT2D eigenvalue weighted by Gasteiger charge is 2.13. The number of ether oxygens (including phenoxy) is 1. The third-order valence-corrected chi connectivity index (χ3v) is 5.18. The van der Waals surface area contributed by atoms with Crippen LogP contribution in [0.2, 0.25) is 0 Å². The molecule has 8 heteroatoms. The normalized spacial score (nSPS) is 12.6. The van der Waals surface area contributed by atoms with Gasteiger partial charge in [-0.2, -0.15) is 0 Å². The number of carbonyl (C=O) groups is 2. The highest BCUT2D eigenvalue weighted by Crippen LogP contribution is 2.31. The van der Waals surface area contributed by atoms with Crippen LogP contribution in [0.4, 0.5) is 0 Å². The molecule has 2 atom stereocenters. The highest BCUT2D eigenvalue weighted by molar-refractivity contribution is 9.10. The predicted molar refractivity (Wildman–Crippen MR) is 115 cm³/mol. The van der Waals surface area contributed by atoms with Crippen LogP contribution in [-0.4, -0.2) is 29.1 Å². The second-order valence-corrected chi connectivity index (χ2v) is 7.91. The number of hydrogen-bond acceptors (Lipinski definition) is 6. The molecule has 2 aromatic carbocycles. The number of halogens is 1. The molecule has 0 aliphatic rings. The van der Waals surface area contributed by atoms with Crippen molar-refractivity contribution >= 4 is 49.3 Å². The fraction of sp³-hybridized carbons (Fsp3) is 0.200. The maximum atomic E-state index is 11.3. The molecule has 6 nitrogen and oxygen atoms in total. The van der Waals surface area contributed by atoms with E-state index < -0.39 is 24.0 Å². The van der Waals surface area contributed by atoms with E-state index >= 15 is 0 Å². The van der Waals surface area contributed by atoms with Crippen LogP contribution in [0, 0.1) is 0 Å². The van der Waals surface area contributed by atoms with E-state index in [-0.39, 0.29) is 0 Å². The van der Waals surface area contributed by atoms with Crippen LogP contribution in [-0.2, 0) is 16.0 Å². The smallest absolute Gasteiger partial charge is 0.328 e. The molecule has 0 spiro atoms. The van der Waals surface area contributed by atoms with Crippen LogP contribution in [0.1, 0.15) is 12.5 Å². The van der Waals surface area contributed by atoms with Crippen LogP contribution < -0.4 is 16.2 Å². The van der Waals surface area contributed by atoms with Crippen molar-refractivity contribution in [1.29, 1.82) is 0 Å². The fourth-order valence-electron chi connectivity index (χ4n) is 2.20. The molecule has 0 aliphatic heterocycles. The van der Waals surface area contributed by atoms with Crippen LogP contribution in [0.15, 0.2) is 58.4 Å². The van der Waals surface area contributed by atoms with E-state index in [1.165, 1.54) is 0 Å². The summed E-state index contributed by atoms with van der Waals surface area (Å²) in [4.78, 5) is 21.7. The number of carbonyl (C=O) groups excluding carboxylic acids is 1. The Morgan fingerprint density at radius 1 is 1.14 bits per heavy atom. The predicted octanol–water partition coefficient (Wildman–Crippen LogP) is 3.56. The average molecular weight is 465 g/mol. The lowest BCUT2D eigenvalue weighted by molar-refractivity contribution is -0.138. The van der Waals surface area contributed by atoms with Gasteiger partial charge in [0.15, 0.2) is 0 Å². The Balaban J connectivity index is 0.000000203. The van der Waals surface area contributed by atoms with Gasteiger partial charge in [-0.1, -0.05) is 40.2 Å². The van der Waals surface area contributed by atoms with Crippen LogP contribution in [0.5, 0.6) is 5.75 Å². The molecule has 0 fully saturated rings. The number of fused-ring (bicyclic) bond motifs is 1. The third-order valence-electron chi connectivity index (χ3n) is 3.71. The lowest BCUT2D eigenvalue weighted by atomic mass is 10.1. The molecule has 1 aromatic heterocycles. The topological polar surface area (TPSA) is 116 Å². The van der Waals surface area contributed by atoms with E-state index in [2.05, 4.69) is 15.9 Å². The number of thiophene rings is 1. The molecule has 0 unspecified atom stereocenters. The SMILES string of the molecule is C[C@H](N)C(=O)Oc1csc2ccccc12.N[C@@H](Cc1ccc(Br)cc1)C(=O)O. The van der Waals surface area contributed by atoms with Crippen LogP contribution in [0.25, 0.3) is 10.1 Å².